The van der Waals surface area contributed by atoms with Crippen molar-refractivity contribution in [3.63, 3.8) is 0 Å². The van der Waals surface area contributed by atoms with E-state index in [1.807, 2.05) is 24.3 Å². The van der Waals surface area contributed by atoms with Gasteiger partial charge in [0.05, 0.1) is 17.9 Å². The molecule has 2 aliphatic rings. The molecule has 0 unspecified atom stereocenters. The summed E-state index contributed by atoms with van der Waals surface area (Å²) < 4.78 is 13.7. The summed E-state index contributed by atoms with van der Waals surface area (Å²) in [5.74, 6) is 2.09. The molecule has 2 aromatic carbocycles. The van der Waals surface area contributed by atoms with Gasteiger partial charge in [-0.2, -0.15) is 0 Å². The van der Waals surface area contributed by atoms with Gasteiger partial charge in [-0.15, -0.1) is 0 Å². The number of aromatic nitrogens is 2. The Hall–Kier alpha value is -2.93. The highest BCUT2D eigenvalue weighted by Gasteiger charge is 2.28. The number of nitrogens with one attached hydrogen (secondary N) is 1. The number of thioether (sulfide) groups is 1. The lowest BCUT2D eigenvalue weighted by Gasteiger charge is -2.25. The Bertz CT molecular complexity index is 1060. The van der Waals surface area contributed by atoms with Crippen LogP contribution in [0.15, 0.2) is 53.7 Å². The van der Waals surface area contributed by atoms with Gasteiger partial charge in [-0.25, -0.2) is 4.98 Å². The van der Waals surface area contributed by atoms with E-state index in [0.29, 0.717) is 18.0 Å². The first-order valence-corrected chi connectivity index (χ1v) is 10.6. The standard InChI is InChI=1S/C22H21N3O3S/c1-14-6-8-15(9-7-14)20-16(25-10-11-29-22(25)24-20)12-23-21(26)19-13-27-17-4-2-3-5-18(17)28-19/h2-9,19H,10-13H2,1H3,(H,23,26)/t19-/m1/s1. The normalized spacial score (nSPS) is 17.1. The fourth-order valence-corrected chi connectivity index (χ4v) is 4.56. The largest absolute Gasteiger partial charge is 0.485 e. The quantitative estimate of drug-likeness (QED) is 0.718. The molecule has 0 spiro atoms. The third kappa shape index (κ3) is 3.46. The number of carbonyl (C=O) groups excluding carboxylic acids is 1. The number of fused-ring (bicyclic) bond motifs is 2. The van der Waals surface area contributed by atoms with Crippen molar-refractivity contribution in [2.24, 2.45) is 0 Å². The lowest BCUT2D eigenvalue weighted by atomic mass is 10.1. The Labute approximate surface area is 173 Å². The highest BCUT2D eigenvalue weighted by atomic mass is 32.2. The Kier molecular flexibility index (Phi) is 4.67. The molecular weight excluding hydrogens is 386 g/mol. The lowest BCUT2D eigenvalue weighted by molar-refractivity contribution is -0.130. The van der Waals surface area contributed by atoms with E-state index in [1.54, 1.807) is 11.8 Å². The summed E-state index contributed by atoms with van der Waals surface area (Å²) in [7, 11) is 0. The van der Waals surface area contributed by atoms with E-state index in [4.69, 9.17) is 14.5 Å². The number of rotatable bonds is 4. The molecule has 1 aromatic heterocycles. The van der Waals surface area contributed by atoms with Crippen LogP contribution in [-0.4, -0.2) is 33.9 Å². The van der Waals surface area contributed by atoms with Crippen LogP contribution in [0.1, 0.15) is 11.3 Å². The van der Waals surface area contributed by atoms with Crippen LogP contribution < -0.4 is 14.8 Å². The molecule has 0 bridgehead atoms. The third-order valence-corrected chi connectivity index (χ3v) is 6.10. The van der Waals surface area contributed by atoms with Gasteiger partial charge in [-0.3, -0.25) is 4.79 Å². The Balaban J connectivity index is 1.34. The van der Waals surface area contributed by atoms with E-state index in [2.05, 4.69) is 41.1 Å². The number of hydrogen-bond donors (Lipinski definition) is 1. The van der Waals surface area contributed by atoms with Gasteiger partial charge in [0.25, 0.3) is 5.91 Å². The van der Waals surface area contributed by atoms with Gasteiger partial charge < -0.3 is 19.4 Å². The molecular formula is C22H21N3O3S. The molecule has 0 saturated carbocycles. The molecule has 3 aromatic rings. The second-order valence-electron chi connectivity index (χ2n) is 7.14. The number of carbonyl (C=O) groups is 1. The van der Waals surface area contributed by atoms with Crippen LogP contribution in [0.5, 0.6) is 11.5 Å². The first kappa shape index (κ1) is 18.1. The smallest absolute Gasteiger partial charge is 0.265 e. The summed E-state index contributed by atoms with van der Waals surface area (Å²) in [5, 5.41) is 4.03. The maximum Gasteiger partial charge on any atom is 0.265 e. The molecule has 0 fully saturated rings. The molecule has 1 N–H and O–H groups in total. The fraction of sp³-hybridized carbons (Fsp3) is 0.273. The van der Waals surface area contributed by atoms with Gasteiger partial charge >= 0.3 is 0 Å². The number of hydrogen-bond acceptors (Lipinski definition) is 5. The van der Waals surface area contributed by atoms with Crippen molar-refractivity contribution < 1.29 is 14.3 Å². The summed E-state index contributed by atoms with van der Waals surface area (Å²) in [5.41, 5.74) is 4.23. The van der Waals surface area contributed by atoms with Gasteiger partial charge in [-0.1, -0.05) is 53.7 Å². The van der Waals surface area contributed by atoms with Crippen LogP contribution >= 0.6 is 11.8 Å². The molecule has 5 rings (SSSR count). The van der Waals surface area contributed by atoms with Crippen molar-refractivity contribution >= 4 is 17.7 Å². The average molecular weight is 407 g/mol. The zero-order chi connectivity index (χ0) is 19.8. The van der Waals surface area contributed by atoms with Gasteiger partial charge in [0, 0.05) is 17.9 Å². The topological polar surface area (TPSA) is 65.4 Å². The van der Waals surface area contributed by atoms with Crippen molar-refractivity contribution in [2.75, 3.05) is 12.4 Å². The van der Waals surface area contributed by atoms with Crippen LogP contribution in [-0.2, 0) is 17.9 Å². The second-order valence-corrected chi connectivity index (χ2v) is 8.20. The fourth-order valence-electron chi connectivity index (χ4n) is 3.59. The van der Waals surface area contributed by atoms with Gasteiger partial charge in [0.2, 0.25) is 6.10 Å². The number of nitrogens with zero attached hydrogens (tertiary/aromatic N) is 2. The molecule has 2 aliphatic heterocycles. The summed E-state index contributed by atoms with van der Waals surface area (Å²) in [4.78, 5) is 17.6. The predicted molar refractivity (Wildman–Crippen MR) is 111 cm³/mol. The highest BCUT2D eigenvalue weighted by molar-refractivity contribution is 7.99. The van der Waals surface area contributed by atoms with Crippen molar-refractivity contribution in [1.82, 2.24) is 14.9 Å². The molecule has 148 valence electrons. The summed E-state index contributed by atoms with van der Waals surface area (Å²) in [6, 6.07) is 15.7. The summed E-state index contributed by atoms with van der Waals surface area (Å²) in [6.07, 6.45) is -0.664. The first-order valence-electron chi connectivity index (χ1n) is 9.64. The zero-order valence-corrected chi connectivity index (χ0v) is 16.9. The minimum atomic E-state index is -0.664. The third-order valence-electron chi connectivity index (χ3n) is 5.14. The average Bonchev–Trinajstić information content (AvgIpc) is 3.34. The molecule has 1 amide bonds. The van der Waals surface area contributed by atoms with Crippen molar-refractivity contribution in [2.45, 2.75) is 31.3 Å². The molecule has 0 radical (unpaired) electrons. The molecule has 3 heterocycles. The summed E-state index contributed by atoms with van der Waals surface area (Å²) in [6.45, 7) is 3.57. The maximum atomic E-state index is 12.7. The number of aryl methyl sites for hydroxylation is 1. The van der Waals surface area contributed by atoms with Crippen LogP contribution in [0.3, 0.4) is 0 Å². The monoisotopic (exact) mass is 407 g/mol. The Morgan fingerprint density at radius 2 is 2.00 bits per heavy atom. The first-order chi connectivity index (χ1) is 14.2. The van der Waals surface area contributed by atoms with E-state index >= 15 is 0 Å². The maximum absolute atomic E-state index is 12.7. The van der Waals surface area contributed by atoms with E-state index in [9.17, 15) is 4.79 Å². The number of imidazole rings is 1. The number of amides is 1. The van der Waals surface area contributed by atoms with Crippen molar-refractivity contribution in [3.05, 3.63) is 59.8 Å². The molecule has 0 saturated heterocycles. The van der Waals surface area contributed by atoms with Crippen molar-refractivity contribution in [1.29, 1.82) is 0 Å². The van der Waals surface area contributed by atoms with Gasteiger partial charge in [-0.05, 0) is 19.1 Å². The lowest BCUT2D eigenvalue weighted by Crippen LogP contribution is -2.43. The summed E-state index contributed by atoms with van der Waals surface area (Å²) >= 11 is 1.75. The van der Waals surface area contributed by atoms with Gasteiger partial charge in [0.15, 0.2) is 16.7 Å². The van der Waals surface area contributed by atoms with Crippen LogP contribution in [0.2, 0.25) is 0 Å². The second kappa shape index (κ2) is 7.48. The highest BCUT2D eigenvalue weighted by Crippen LogP contribution is 2.34. The van der Waals surface area contributed by atoms with E-state index in [0.717, 1.165) is 34.4 Å². The van der Waals surface area contributed by atoms with Crippen molar-refractivity contribution in [3.8, 4) is 22.8 Å². The number of ether oxygens (including phenoxy) is 2. The predicted octanol–water partition coefficient (Wildman–Crippen LogP) is 3.42. The minimum Gasteiger partial charge on any atom is -0.485 e. The molecule has 6 nitrogen and oxygen atoms in total. The SMILES string of the molecule is Cc1ccc(-c2nc3n(c2CNC(=O)[C@H]2COc4ccccc4O2)CCS3)cc1. The van der Waals surface area contributed by atoms with E-state index in [1.165, 1.54) is 5.56 Å². The van der Waals surface area contributed by atoms with E-state index in [-0.39, 0.29) is 12.5 Å². The molecule has 0 aliphatic carbocycles. The molecule has 29 heavy (non-hydrogen) atoms. The Morgan fingerprint density at radius 3 is 2.83 bits per heavy atom. The number of para-hydroxylation sites is 2. The van der Waals surface area contributed by atoms with Crippen LogP contribution in [0.4, 0.5) is 0 Å². The Morgan fingerprint density at radius 1 is 1.21 bits per heavy atom. The molecule has 1 atom stereocenters. The van der Waals surface area contributed by atoms with E-state index < -0.39 is 6.10 Å². The molecule has 7 heteroatoms. The number of benzene rings is 2. The zero-order valence-electron chi connectivity index (χ0n) is 16.1. The van der Waals surface area contributed by atoms with Gasteiger partial charge in [0.1, 0.15) is 6.61 Å². The minimum absolute atomic E-state index is 0.185. The van der Waals surface area contributed by atoms with Crippen LogP contribution in [0, 0.1) is 6.92 Å². The van der Waals surface area contributed by atoms with Crippen LogP contribution in [0.25, 0.3) is 11.3 Å².